The van der Waals surface area contributed by atoms with Crippen LogP contribution in [0.1, 0.15) is 211 Å². The molecular weight excluding hydrogens is 1200 g/mol. The molecule has 0 spiro atoms. The molecule has 2 aromatic heterocycles. The van der Waals surface area contributed by atoms with Crippen LogP contribution in [0.2, 0.25) is 0 Å². The average molecular weight is 1290 g/mol. The van der Waals surface area contributed by atoms with Gasteiger partial charge in [0.2, 0.25) is 0 Å². The summed E-state index contributed by atoms with van der Waals surface area (Å²) in [5, 5.41) is 11.5. The summed E-state index contributed by atoms with van der Waals surface area (Å²) < 4.78 is 49.1. The summed E-state index contributed by atoms with van der Waals surface area (Å²) in [5.41, 5.74) is 1.38. The number of aromatic hydroxyl groups is 1. The molecule has 4 aliphatic carbocycles. The number of ether oxygens (including phenoxy) is 8. The second-order valence-corrected chi connectivity index (χ2v) is 25.5. The maximum atomic E-state index is 12.5. The molecule has 18 nitrogen and oxygen atoms in total. The van der Waals surface area contributed by atoms with E-state index in [0.29, 0.717) is 31.4 Å². The van der Waals surface area contributed by atoms with Crippen LogP contribution in [-0.2, 0) is 98.7 Å². The van der Waals surface area contributed by atoms with Crippen molar-refractivity contribution in [1.29, 1.82) is 0 Å². The number of furan rings is 1. The number of phenolic OH excluding ortho intramolecular Hbond substituents is 1. The van der Waals surface area contributed by atoms with Gasteiger partial charge in [0.1, 0.15) is 28.3 Å². The molecule has 92 heavy (non-hydrogen) atoms. The van der Waals surface area contributed by atoms with Crippen molar-refractivity contribution in [3.8, 4) is 5.75 Å². The predicted molar refractivity (Wildman–Crippen MR) is 347 cm³/mol. The van der Waals surface area contributed by atoms with Crippen molar-refractivity contribution >= 4 is 59.1 Å². The van der Waals surface area contributed by atoms with Crippen LogP contribution in [0.3, 0.4) is 0 Å². The van der Waals surface area contributed by atoms with E-state index in [4.69, 9.17) is 42.3 Å². The van der Waals surface area contributed by atoms with E-state index in [1.165, 1.54) is 41.5 Å². The van der Waals surface area contributed by atoms with Crippen molar-refractivity contribution in [1.82, 2.24) is 0 Å². The lowest BCUT2D eigenvalue weighted by atomic mass is 9.78. The SMILES string of the molecule is C=C(C)C(=O)OC(C)C(=O)OC1(c2ccc(O)cc2)CCCCC1.C=C(C)C(=O)OC(C)C(=O)OC1(c2ccccc2C)CCCCC1.C=C(C)C(=O)OC(C)C(=O)OC1(c2ccco2)CCCCC1.C=C(C)C(=O)OC(C)C(=O)OC1(c2cccs2)CCCCC1. The van der Waals surface area contributed by atoms with E-state index in [0.717, 1.165) is 124 Å². The molecule has 500 valence electrons. The van der Waals surface area contributed by atoms with Crippen LogP contribution >= 0.6 is 11.3 Å². The van der Waals surface area contributed by atoms with E-state index in [1.807, 2.05) is 54.8 Å². The maximum absolute atomic E-state index is 12.5. The maximum Gasteiger partial charge on any atom is 0.348 e. The van der Waals surface area contributed by atoms with Crippen molar-refractivity contribution in [3.05, 3.63) is 160 Å². The molecule has 4 aliphatic rings. The van der Waals surface area contributed by atoms with Gasteiger partial charge in [0.05, 0.1) is 6.26 Å². The number of phenols is 1. The summed E-state index contributed by atoms with van der Waals surface area (Å²) in [6, 6.07) is 22.3. The Bertz CT molecular complexity index is 3060. The summed E-state index contributed by atoms with van der Waals surface area (Å²) in [4.78, 5) is 96.9. The highest BCUT2D eigenvalue weighted by molar-refractivity contribution is 7.10. The Morgan fingerprint density at radius 1 is 0.435 bits per heavy atom. The van der Waals surface area contributed by atoms with Crippen LogP contribution in [-0.4, -0.2) is 77.3 Å². The summed E-state index contributed by atoms with van der Waals surface area (Å²) >= 11 is 1.60. The third kappa shape index (κ3) is 21.2. The van der Waals surface area contributed by atoms with E-state index in [1.54, 1.807) is 61.8 Å². The van der Waals surface area contributed by atoms with Gasteiger partial charge in [-0.05, 0) is 217 Å². The van der Waals surface area contributed by atoms with Gasteiger partial charge in [-0.3, -0.25) is 0 Å². The van der Waals surface area contributed by atoms with E-state index in [-0.39, 0.29) is 28.0 Å². The molecule has 4 atom stereocenters. The number of aryl methyl sites for hydroxylation is 1. The standard InChI is InChI=1S/C20H26O4.C19H24O5.C17H22O5.C17H22O4S/c1-14(2)18(21)23-16(4)19(22)24-20(12-8-5-9-13-20)17-11-7-6-10-15(17)3;1-13(2)17(21)23-14(3)18(22)24-19(11-5-4-6-12-19)15-7-9-16(20)10-8-15;1-12(2)15(18)21-13(3)16(19)22-17(9-5-4-6-10-17)14-8-7-11-20-14;1-12(2)15(18)20-13(3)16(19)21-17(9-5-4-6-10-17)14-8-7-11-22-14/h6-7,10-11,16H,1,5,8-9,12-13H2,2-4H3;7-10,14,20H,1,4-6,11-12H2,2-3H3;2*7-8,11,13H,1,4-6,9-10H2,2-3H3. The third-order valence-electron chi connectivity index (χ3n) is 16.7. The lowest BCUT2D eigenvalue weighted by molar-refractivity contribution is -0.182. The summed E-state index contributed by atoms with van der Waals surface area (Å²) in [6.45, 7) is 28.3. The number of hydrogen-bond donors (Lipinski definition) is 1. The molecule has 0 radical (unpaired) electrons. The van der Waals surface area contributed by atoms with E-state index in [2.05, 4.69) is 26.3 Å². The Morgan fingerprint density at radius 2 is 0.783 bits per heavy atom. The average Bonchev–Trinajstić information content (AvgIpc) is 0.910. The van der Waals surface area contributed by atoms with Gasteiger partial charge in [-0.1, -0.05) is 94.5 Å². The molecule has 0 aliphatic heterocycles. The van der Waals surface area contributed by atoms with Crippen molar-refractivity contribution in [3.63, 3.8) is 0 Å². The van der Waals surface area contributed by atoms with Crippen molar-refractivity contribution in [2.75, 3.05) is 0 Å². The zero-order chi connectivity index (χ0) is 67.8. The number of rotatable bonds is 20. The number of esters is 8. The van der Waals surface area contributed by atoms with Crippen LogP contribution in [0.5, 0.6) is 5.75 Å². The van der Waals surface area contributed by atoms with Gasteiger partial charge in [0, 0.05) is 27.2 Å². The molecule has 19 heteroatoms. The van der Waals surface area contributed by atoms with Crippen molar-refractivity contribution in [2.24, 2.45) is 0 Å². The fourth-order valence-electron chi connectivity index (χ4n) is 11.4. The quantitative estimate of drug-likeness (QED) is 0.0491. The Balaban J connectivity index is 0.000000223. The first-order chi connectivity index (χ1) is 43.6. The first-order valence-electron chi connectivity index (χ1n) is 31.9. The number of carbonyl (C=O) groups is 8. The first kappa shape index (κ1) is 74.7. The summed E-state index contributed by atoms with van der Waals surface area (Å²) in [7, 11) is 0. The lowest BCUT2D eigenvalue weighted by Crippen LogP contribution is -2.39. The highest BCUT2D eigenvalue weighted by atomic mass is 32.1. The molecule has 8 rings (SSSR count). The second kappa shape index (κ2) is 35.1. The van der Waals surface area contributed by atoms with Gasteiger partial charge in [0.15, 0.2) is 30.0 Å². The summed E-state index contributed by atoms with van der Waals surface area (Å²) in [6.07, 6.45) is 16.3. The Hall–Kier alpha value is -8.06. The molecule has 4 saturated carbocycles. The third-order valence-corrected chi connectivity index (χ3v) is 17.7. The number of carbonyl (C=O) groups excluding carboxylic acids is 8. The van der Waals surface area contributed by atoms with E-state index in [9.17, 15) is 43.5 Å². The zero-order valence-electron chi connectivity index (χ0n) is 55.2. The fourth-order valence-corrected chi connectivity index (χ4v) is 12.4. The Morgan fingerprint density at radius 3 is 1.14 bits per heavy atom. The molecule has 2 aromatic carbocycles. The van der Waals surface area contributed by atoms with E-state index < -0.39 is 94.6 Å². The first-order valence-corrected chi connectivity index (χ1v) is 32.8. The minimum absolute atomic E-state index is 0.166. The molecule has 0 saturated heterocycles. The van der Waals surface area contributed by atoms with Crippen LogP contribution in [0.4, 0.5) is 0 Å². The van der Waals surface area contributed by atoms with Gasteiger partial charge in [-0.25, -0.2) is 38.4 Å². The number of hydrogen-bond acceptors (Lipinski definition) is 19. The topological polar surface area (TPSA) is 244 Å². The Kier molecular flexibility index (Phi) is 28.5. The smallest absolute Gasteiger partial charge is 0.348 e. The molecule has 1 N–H and O–H groups in total. The highest BCUT2D eigenvalue weighted by Crippen LogP contribution is 2.46. The second-order valence-electron chi connectivity index (χ2n) is 24.5. The molecule has 0 bridgehead atoms. The fraction of sp³-hybridized carbons (Fsp3) is 0.507. The van der Waals surface area contributed by atoms with Crippen LogP contribution < -0.4 is 0 Å². The minimum Gasteiger partial charge on any atom is -0.508 e. The van der Waals surface area contributed by atoms with Gasteiger partial charge in [0.25, 0.3) is 0 Å². The molecular formula is C73H94O18S. The molecule has 4 unspecified atom stereocenters. The van der Waals surface area contributed by atoms with Crippen LogP contribution in [0.15, 0.2) is 137 Å². The lowest BCUT2D eigenvalue weighted by Gasteiger charge is -2.38. The summed E-state index contributed by atoms with van der Waals surface area (Å²) in [5.74, 6) is -3.67. The molecule has 4 aromatic rings. The predicted octanol–water partition coefficient (Wildman–Crippen LogP) is 15.3. The number of thiophene rings is 1. The minimum atomic E-state index is -0.995. The van der Waals surface area contributed by atoms with E-state index >= 15 is 0 Å². The van der Waals surface area contributed by atoms with Crippen LogP contribution in [0.25, 0.3) is 0 Å². The van der Waals surface area contributed by atoms with Gasteiger partial charge in [-0.15, -0.1) is 11.3 Å². The van der Waals surface area contributed by atoms with Gasteiger partial charge < -0.3 is 47.4 Å². The van der Waals surface area contributed by atoms with Gasteiger partial charge in [-0.2, -0.15) is 0 Å². The molecule has 4 fully saturated rings. The number of benzene rings is 2. The normalized spacial score (nSPS) is 17.9. The molecule has 0 amide bonds. The highest BCUT2D eigenvalue weighted by Gasteiger charge is 2.44. The zero-order valence-corrected chi connectivity index (χ0v) is 56.0. The van der Waals surface area contributed by atoms with Crippen LogP contribution in [0, 0.1) is 6.92 Å². The monoisotopic (exact) mass is 1290 g/mol. The van der Waals surface area contributed by atoms with Crippen molar-refractivity contribution < 1.29 is 85.8 Å². The molecule has 2 heterocycles. The Labute approximate surface area is 546 Å². The van der Waals surface area contributed by atoms with Crippen molar-refractivity contribution in [2.45, 2.75) is 238 Å². The largest absolute Gasteiger partial charge is 0.508 e. The van der Waals surface area contributed by atoms with Gasteiger partial charge >= 0.3 is 47.8 Å².